The third kappa shape index (κ3) is 4.17. The van der Waals surface area contributed by atoms with E-state index in [9.17, 15) is 14.7 Å². The Morgan fingerprint density at radius 3 is 2.42 bits per heavy atom. The van der Waals surface area contributed by atoms with Gasteiger partial charge in [0.15, 0.2) is 5.75 Å². The first kappa shape index (κ1) is 14.8. The number of para-hydroxylation sites is 1. The molecule has 6 heteroatoms. The number of phenolic OH excluding ortho intramolecular Hbond substituents is 1. The van der Waals surface area contributed by atoms with E-state index < -0.39 is 17.7 Å². The molecule has 0 aliphatic carbocycles. The van der Waals surface area contributed by atoms with Gasteiger partial charge in [0.05, 0.1) is 12.8 Å². The molecule has 1 amide bonds. The van der Waals surface area contributed by atoms with Crippen molar-refractivity contribution >= 4 is 17.7 Å². The predicted octanol–water partition coefficient (Wildman–Crippen LogP) is 2.53. The molecular weight excluding hydrogens is 250 g/mol. The van der Waals surface area contributed by atoms with Crippen LogP contribution in [0.3, 0.4) is 0 Å². The van der Waals surface area contributed by atoms with Crippen molar-refractivity contribution in [2.45, 2.75) is 26.4 Å². The molecule has 0 atom stereocenters. The Bertz CT molecular complexity index is 490. The van der Waals surface area contributed by atoms with Gasteiger partial charge in [-0.1, -0.05) is 6.07 Å². The Hall–Kier alpha value is -2.24. The Kier molecular flexibility index (Phi) is 4.37. The van der Waals surface area contributed by atoms with Gasteiger partial charge in [0, 0.05) is 0 Å². The molecule has 1 aromatic rings. The van der Waals surface area contributed by atoms with E-state index in [0.717, 1.165) is 0 Å². The zero-order chi connectivity index (χ0) is 14.6. The van der Waals surface area contributed by atoms with Crippen LogP contribution in [0.25, 0.3) is 0 Å². The number of methoxy groups -OCH3 is 1. The first-order valence-electron chi connectivity index (χ1n) is 5.65. The van der Waals surface area contributed by atoms with E-state index in [-0.39, 0.29) is 17.0 Å². The summed E-state index contributed by atoms with van der Waals surface area (Å²) >= 11 is 0. The van der Waals surface area contributed by atoms with Crippen LogP contribution in [0.2, 0.25) is 0 Å². The number of benzene rings is 1. The highest BCUT2D eigenvalue weighted by Gasteiger charge is 2.19. The summed E-state index contributed by atoms with van der Waals surface area (Å²) in [5.74, 6) is -1.05. The third-order valence-corrected chi connectivity index (χ3v) is 2.08. The molecule has 0 fully saturated rings. The predicted molar refractivity (Wildman–Crippen MR) is 69.3 cm³/mol. The standard InChI is InChI=1S/C13H17NO5/c1-13(2,3)19-12(17)14-9-7-5-6-8(10(9)15)11(16)18-4/h5-7,15H,1-4H3,(H,14,17). The van der Waals surface area contributed by atoms with E-state index in [2.05, 4.69) is 10.1 Å². The van der Waals surface area contributed by atoms with E-state index in [1.165, 1.54) is 25.3 Å². The first-order valence-corrected chi connectivity index (χ1v) is 5.65. The van der Waals surface area contributed by atoms with Crippen LogP contribution >= 0.6 is 0 Å². The molecule has 0 aliphatic rings. The minimum atomic E-state index is -0.718. The summed E-state index contributed by atoms with van der Waals surface area (Å²) in [7, 11) is 1.20. The number of aromatic hydroxyl groups is 1. The van der Waals surface area contributed by atoms with Crippen molar-refractivity contribution in [3.8, 4) is 5.75 Å². The van der Waals surface area contributed by atoms with E-state index in [1.807, 2.05) is 0 Å². The Morgan fingerprint density at radius 1 is 1.26 bits per heavy atom. The monoisotopic (exact) mass is 267 g/mol. The number of amides is 1. The maximum absolute atomic E-state index is 11.6. The molecule has 0 saturated carbocycles. The van der Waals surface area contributed by atoms with Gasteiger partial charge in [0.2, 0.25) is 0 Å². The average Bonchev–Trinajstić information content (AvgIpc) is 2.28. The molecule has 0 bridgehead atoms. The molecular formula is C13H17NO5. The minimum absolute atomic E-state index is 0.0314. The number of carbonyl (C=O) groups is 2. The van der Waals surface area contributed by atoms with Gasteiger partial charge in [-0.15, -0.1) is 0 Å². The largest absolute Gasteiger partial charge is 0.505 e. The van der Waals surface area contributed by atoms with Gasteiger partial charge in [0.1, 0.15) is 11.2 Å². The summed E-state index contributed by atoms with van der Waals surface area (Å²) < 4.78 is 9.56. The summed E-state index contributed by atoms with van der Waals surface area (Å²) in [6, 6.07) is 4.35. The number of hydrogen-bond acceptors (Lipinski definition) is 5. The smallest absolute Gasteiger partial charge is 0.412 e. The van der Waals surface area contributed by atoms with Crippen LogP contribution in [-0.2, 0) is 9.47 Å². The summed E-state index contributed by atoms with van der Waals surface area (Å²) in [5.41, 5.74) is -0.604. The van der Waals surface area contributed by atoms with E-state index in [4.69, 9.17) is 4.74 Å². The summed E-state index contributed by atoms with van der Waals surface area (Å²) in [6.45, 7) is 5.16. The maximum atomic E-state index is 11.6. The molecule has 0 radical (unpaired) electrons. The molecule has 1 aromatic carbocycles. The molecule has 1 rings (SSSR count). The fourth-order valence-electron chi connectivity index (χ4n) is 1.33. The van der Waals surface area contributed by atoms with Crippen LogP contribution < -0.4 is 5.32 Å². The summed E-state index contributed by atoms with van der Waals surface area (Å²) in [4.78, 5) is 22.9. The Morgan fingerprint density at radius 2 is 1.89 bits per heavy atom. The second-order valence-electron chi connectivity index (χ2n) is 4.82. The molecule has 0 saturated heterocycles. The van der Waals surface area contributed by atoms with Gasteiger partial charge < -0.3 is 14.6 Å². The summed E-state index contributed by atoms with van der Waals surface area (Å²) in [5, 5.41) is 12.2. The molecule has 6 nitrogen and oxygen atoms in total. The molecule has 2 N–H and O–H groups in total. The normalized spacial score (nSPS) is 10.7. The number of anilines is 1. The van der Waals surface area contributed by atoms with Crippen molar-refractivity contribution in [1.82, 2.24) is 0 Å². The van der Waals surface area contributed by atoms with E-state index >= 15 is 0 Å². The number of hydrogen-bond donors (Lipinski definition) is 2. The maximum Gasteiger partial charge on any atom is 0.412 e. The number of ether oxygens (including phenoxy) is 2. The lowest BCUT2D eigenvalue weighted by Crippen LogP contribution is -2.27. The Balaban J connectivity index is 2.91. The van der Waals surface area contributed by atoms with Crippen molar-refractivity contribution in [3.05, 3.63) is 23.8 Å². The van der Waals surface area contributed by atoms with Crippen LogP contribution in [0.5, 0.6) is 5.75 Å². The van der Waals surface area contributed by atoms with Gasteiger partial charge in [0.25, 0.3) is 0 Å². The average molecular weight is 267 g/mol. The quantitative estimate of drug-likeness (QED) is 0.635. The van der Waals surface area contributed by atoms with Crippen molar-refractivity contribution in [1.29, 1.82) is 0 Å². The lowest BCUT2D eigenvalue weighted by atomic mass is 10.1. The van der Waals surface area contributed by atoms with Crippen molar-refractivity contribution in [2.75, 3.05) is 12.4 Å². The number of carbonyl (C=O) groups excluding carboxylic acids is 2. The number of rotatable bonds is 2. The van der Waals surface area contributed by atoms with E-state index in [0.29, 0.717) is 0 Å². The van der Waals surface area contributed by atoms with Crippen LogP contribution in [0, 0.1) is 0 Å². The van der Waals surface area contributed by atoms with Gasteiger partial charge in [-0.2, -0.15) is 0 Å². The SMILES string of the molecule is COC(=O)c1cccc(NC(=O)OC(C)(C)C)c1O. The minimum Gasteiger partial charge on any atom is -0.505 e. The molecule has 0 heterocycles. The number of esters is 1. The molecule has 0 aliphatic heterocycles. The third-order valence-electron chi connectivity index (χ3n) is 2.08. The highest BCUT2D eigenvalue weighted by Crippen LogP contribution is 2.28. The zero-order valence-corrected chi connectivity index (χ0v) is 11.3. The van der Waals surface area contributed by atoms with Gasteiger partial charge in [-0.25, -0.2) is 9.59 Å². The topological polar surface area (TPSA) is 84.9 Å². The van der Waals surface area contributed by atoms with Crippen molar-refractivity contribution < 1.29 is 24.2 Å². The summed E-state index contributed by atoms with van der Waals surface area (Å²) in [6.07, 6.45) is -0.718. The van der Waals surface area contributed by atoms with Gasteiger partial charge >= 0.3 is 12.1 Å². The fraction of sp³-hybridized carbons (Fsp3) is 0.385. The van der Waals surface area contributed by atoms with E-state index in [1.54, 1.807) is 20.8 Å². The molecule has 0 spiro atoms. The fourth-order valence-corrected chi connectivity index (χ4v) is 1.33. The molecule has 0 unspecified atom stereocenters. The van der Waals surface area contributed by atoms with Crippen molar-refractivity contribution in [3.63, 3.8) is 0 Å². The van der Waals surface area contributed by atoms with Gasteiger partial charge in [-0.3, -0.25) is 5.32 Å². The number of phenols is 1. The van der Waals surface area contributed by atoms with Crippen LogP contribution in [0.4, 0.5) is 10.5 Å². The lowest BCUT2D eigenvalue weighted by Gasteiger charge is -2.20. The molecule has 19 heavy (non-hydrogen) atoms. The second kappa shape index (κ2) is 5.60. The second-order valence-corrected chi connectivity index (χ2v) is 4.82. The zero-order valence-electron chi connectivity index (χ0n) is 11.3. The van der Waals surface area contributed by atoms with Crippen molar-refractivity contribution in [2.24, 2.45) is 0 Å². The first-order chi connectivity index (χ1) is 8.74. The highest BCUT2D eigenvalue weighted by molar-refractivity contribution is 5.97. The van der Waals surface area contributed by atoms with Gasteiger partial charge in [-0.05, 0) is 32.9 Å². The molecule has 104 valence electrons. The lowest BCUT2D eigenvalue weighted by molar-refractivity contribution is 0.0592. The van der Waals surface area contributed by atoms with Crippen LogP contribution in [0.1, 0.15) is 31.1 Å². The Labute approximate surface area is 111 Å². The highest BCUT2D eigenvalue weighted by atomic mass is 16.6. The number of nitrogens with one attached hydrogen (secondary N) is 1. The van der Waals surface area contributed by atoms with Crippen LogP contribution in [-0.4, -0.2) is 29.9 Å². The molecule has 0 aromatic heterocycles. The van der Waals surface area contributed by atoms with Crippen LogP contribution in [0.15, 0.2) is 18.2 Å².